The molecule has 0 unspecified atom stereocenters. The van der Waals surface area contributed by atoms with Gasteiger partial charge < -0.3 is 13.6 Å². The molecule has 3 aromatic heterocycles. The third kappa shape index (κ3) is 3.67. The highest BCUT2D eigenvalue weighted by Crippen LogP contribution is 2.27. The Bertz CT molecular complexity index is 1120. The number of carbonyl (C=O) groups excluding carboxylic acids is 1. The standard InChI is InChI=1S/C18H13ClN4O3S/c1-25-17(24)14-6-3-7-23-9-13(20-15(14)23)10-27-18-22-21-16(26-18)11-4-2-5-12(19)8-11/h2-9H,10H2,1H3. The van der Waals surface area contributed by atoms with Crippen LogP contribution >= 0.6 is 23.4 Å². The molecule has 0 saturated heterocycles. The molecule has 0 bridgehead atoms. The second-order valence-corrected chi connectivity index (χ2v) is 6.91. The van der Waals surface area contributed by atoms with Gasteiger partial charge >= 0.3 is 5.97 Å². The van der Waals surface area contributed by atoms with Crippen LogP contribution in [0.4, 0.5) is 0 Å². The summed E-state index contributed by atoms with van der Waals surface area (Å²) in [6, 6.07) is 10.7. The predicted molar refractivity (Wildman–Crippen MR) is 101 cm³/mol. The smallest absolute Gasteiger partial charge is 0.341 e. The quantitative estimate of drug-likeness (QED) is 0.368. The summed E-state index contributed by atoms with van der Waals surface area (Å²) < 4.78 is 12.3. The summed E-state index contributed by atoms with van der Waals surface area (Å²) in [4.78, 5) is 16.4. The van der Waals surface area contributed by atoms with Crippen LogP contribution in [-0.2, 0) is 10.5 Å². The Kier molecular flexibility index (Phi) is 4.83. The third-order valence-corrected chi connectivity index (χ3v) is 4.85. The molecule has 0 aliphatic carbocycles. The van der Waals surface area contributed by atoms with Gasteiger partial charge in [0.05, 0.1) is 12.8 Å². The molecule has 0 spiro atoms. The molecule has 1 aromatic carbocycles. The van der Waals surface area contributed by atoms with E-state index >= 15 is 0 Å². The average Bonchev–Trinajstić information content (AvgIpc) is 3.32. The fraction of sp³-hybridized carbons (Fsp3) is 0.111. The first-order chi connectivity index (χ1) is 13.1. The van der Waals surface area contributed by atoms with Crippen LogP contribution in [0.3, 0.4) is 0 Å². The average molecular weight is 401 g/mol. The van der Waals surface area contributed by atoms with E-state index in [2.05, 4.69) is 15.2 Å². The number of imidazole rings is 1. The molecule has 3 heterocycles. The normalized spacial score (nSPS) is 11.0. The molecule has 0 amide bonds. The number of fused-ring (bicyclic) bond motifs is 1. The first-order valence-electron chi connectivity index (χ1n) is 7.91. The van der Waals surface area contributed by atoms with Gasteiger partial charge in [-0.3, -0.25) is 0 Å². The van der Waals surface area contributed by atoms with Crippen molar-refractivity contribution in [1.82, 2.24) is 19.6 Å². The maximum absolute atomic E-state index is 11.9. The van der Waals surface area contributed by atoms with Crippen molar-refractivity contribution in [1.29, 1.82) is 0 Å². The van der Waals surface area contributed by atoms with E-state index in [-0.39, 0.29) is 0 Å². The summed E-state index contributed by atoms with van der Waals surface area (Å²) in [5.74, 6) is 0.496. The van der Waals surface area contributed by atoms with Crippen molar-refractivity contribution in [2.75, 3.05) is 7.11 Å². The Morgan fingerprint density at radius 2 is 2.19 bits per heavy atom. The lowest BCUT2D eigenvalue weighted by molar-refractivity contribution is 0.0602. The Hall–Kier alpha value is -2.84. The molecular formula is C18H13ClN4O3S. The number of pyridine rings is 1. The number of thioether (sulfide) groups is 1. The number of ether oxygens (including phenoxy) is 1. The zero-order chi connectivity index (χ0) is 18.8. The number of hydrogen-bond donors (Lipinski definition) is 0. The monoisotopic (exact) mass is 400 g/mol. The molecule has 0 fully saturated rings. The number of aromatic nitrogens is 4. The van der Waals surface area contributed by atoms with Gasteiger partial charge in [-0.15, -0.1) is 10.2 Å². The van der Waals surface area contributed by atoms with E-state index in [0.717, 1.165) is 11.3 Å². The summed E-state index contributed by atoms with van der Waals surface area (Å²) >= 11 is 7.35. The van der Waals surface area contributed by atoms with E-state index in [4.69, 9.17) is 20.8 Å². The van der Waals surface area contributed by atoms with Gasteiger partial charge in [0.15, 0.2) is 5.65 Å². The van der Waals surface area contributed by atoms with Crippen LogP contribution in [0.1, 0.15) is 16.1 Å². The first kappa shape index (κ1) is 17.6. The number of halogens is 1. The van der Waals surface area contributed by atoms with Crippen LogP contribution in [0, 0.1) is 0 Å². The minimum Gasteiger partial charge on any atom is -0.465 e. The highest BCUT2D eigenvalue weighted by atomic mass is 35.5. The molecule has 136 valence electrons. The molecule has 0 radical (unpaired) electrons. The number of methoxy groups -OCH3 is 1. The van der Waals surface area contributed by atoms with E-state index in [1.165, 1.54) is 18.9 Å². The van der Waals surface area contributed by atoms with Gasteiger partial charge in [0.2, 0.25) is 5.89 Å². The minimum atomic E-state index is -0.423. The van der Waals surface area contributed by atoms with E-state index < -0.39 is 5.97 Å². The number of rotatable bonds is 5. The molecule has 0 aliphatic rings. The maximum atomic E-state index is 11.9. The lowest BCUT2D eigenvalue weighted by Crippen LogP contribution is -2.03. The van der Waals surface area contributed by atoms with Gasteiger partial charge in [0.1, 0.15) is 5.56 Å². The van der Waals surface area contributed by atoms with E-state index in [1.807, 2.05) is 24.5 Å². The molecule has 4 aromatic rings. The topological polar surface area (TPSA) is 82.5 Å². The second kappa shape index (κ2) is 7.42. The van der Waals surface area contributed by atoms with Crippen LogP contribution in [-0.4, -0.2) is 32.7 Å². The van der Waals surface area contributed by atoms with Crippen LogP contribution in [0.2, 0.25) is 5.02 Å². The number of carbonyl (C=O) groups is 1. The first-order valence-corrected chi connectivity index (χ1v) is 9.27. The van der Waals surface area contributed by atoms with Gasteiger partial charge in [0.25, 0.3) is 5.22 Å². The van der Waals surface area contributed by atoms with Crippen molar-refractivity contribution >= 4 is 35.0 Å². The summed E-state index contributed by atoms with van der Waals surface area (Å²) in [6.07, 6.45) is 3.68. The van der Waals surface area contributed by atoms with Crippen LogP contribution in [0.5, 0.6) is 0 Å². The highest BCUT2D eigenvalue weighted by Gasteiger charge is 2.15. The van der Waals surface area contributed by atoms with E-state index in [1.54, 1.807) is 28.7 Å². The minimum absolute atomic E-state index is 0.406. The van der Waals surface area contributed by atoms with Crippen molar-refractivity contribution in [3.05, 3.63) is 65.1 Å². The van der Waals surface area contributed by atoms with Gasteiger partial charge in [0, 0.05) is 28.7 Å². The molecule has 0 atom stereocenters. The van der Waals surface area contributed by atoms with Crippen molar-refractivity contribution < 1.29 is 13.9 Å². The number of benzene rings is 1. The van der Waals surface area contributed by atoms with Gasteiger partial charge in [-0.25, -0.2) is 9.78 Å². The number of esters is 1. The van der Waals surface area contributed by atoms with Crippen LogP contribution < -0.4 is 0 Å². The van der Waals surface area contributed by atoms with Crippen LogP contribution in [0.15, 0.2) is 58.4 Å². The zero-order valence-corrected chi connectivity index (χ0v) is 15.7. The number of nitrogens with zero attached hydrogens (tertiary/aromatic N) is 4. The van der Waals surface area contributed by atoms with Crippen LogP contribution in [0.25, 0.3) is 17.1 Å². The fourth-order valence-electron chi connectivity index (χ4n) is 2.54. The number of hydrogen-bond acceptors (Lipinski definition) is 7. The van der Waals surface area contributed by atoms with E-state index in [9.17, 15) is 4.79 Å². The lowest BCUT2D eigenvalue weighted by Gasteiger charge is -2.00. The molecule has 0 saturated carbocycles. The van der Waals surface area contributed by atoms with Crippen molar-refractivity contribution in [3.8, 4) is 11.5 Å². The summed E-state index contributed by atoms with van der Waals surface area (Å²) in [7, 11) is 1.35. The Morgan fingerprint density at radius 1 is 1.30 bits per heavy atom. The predicted octanol–water partition coefficient (Wildman–Crippen LogP) is 4.12. The second-order valence-electron chi connectivity index (χ2n) is 5.55. The Labute approximate surface area is 163 Å². The molecule has 27 heavy (non-hydrogen) atoms. The molecule has 0 N–H and O–H groups in total. The van der Waals surface area contributed by atoms with Gasteiger partial charge in [-0.05, 0) is 30.3 Å². The van der Waals surface area contributed by atoms with E-state index in [0.29, 0.717) is 33.1 Å². The summed E-state index contributed by atoms with van der Waals surface area (Å²) in [5.41, 5.74) is 2.50. The van der Waals surface area contributed by atoms with Gasteiger partial charge in [-0.1, -0.05) is 29.4 Å². The fourth-order valence-corrected chi connectivity index (χ4v) is 3.38. The molecular weight excluding hydrogens is 388 g/mol. The van der Waals surface area contributed by atoms with Gasteiger partial charge in [-0.2, -0.15) is 0 Å². The molecule has 9 heteroatoms. The third-order valence-electron chi connectivity index (χ3n) is 3.76. The van der Waals surface area contributed by atoms with Crippen molar-refractivity contribution in [3.63, 3.8) is 0 Å². The zero-order valence-electron chi connectivity index (χ0n) is 14.1. The van der Waals surface area contributed by atoms with Crippen molar-refractivity contribution in [2.24, 2.45) is 0 Å². The van der Waals surface area contributed by atoms with Crippen molar-refractivity contribution in [2.45, 2.75) is 11.0 Å². The molecule has 4 rings (SSSR count). The molecule has 7 nitrogen and oxygen atoms in total. The largest absolute Gasteiger partial charge is 0.465 e. The SMILES string of the molecule is COC(=O)c1cccn2cc(CSc3nnc(-c4cccc(Cl)c4)o3)nc12. The Morgan fingerprint density at radius 3 is 3.00 bits per heavy atom. The summed E-state index contributed by atoms with van der Waals surface area (Å²) in [6.45, 7) is 0. The Balaban J connectivity index is 1.52. The lowest BCUT2D eigenvalue weighted by atomic mass is 10.2. The summed E-state index contributed by atoms with van der Waals surface area (Å²) in [5, 5.41) is 9.12. The molecule has 0 aliphatic heterocycles. The highest BCUT2D eigenvalue weighted by molar-refractivity contribution is 7.98. The maximum Gasteiger partial charge on any atom is 0.341 e.